The number of anilines is 1. The minimum Gasteiger partial charge on any atom is -0.495 e. The summed E-state index contributed by atoms with van der Waals surface area (Å²) < 4.78 is 34.1. The molecule has 7 nitrogen and oxygen atoms in total. The van der Waals surface area contributed by atoms with Crippen LogP contribution in [-0.2, 0) is 14.8 Å². The van der Waals surface area contributed by atoms with Gasteiger partial charge in [-0.25, -0.2) is 8.42 Å². The number of nitrogens with one attached hydrogen (secondary N) is 2. The predicted octanol–water partition coefficient (Wildman–Crippen LogP) is 3.49. The molecule has 8 heteroatoms. The van der Waals surface area contributed by atoms with E-state index in [-0.39, 0.29) is 10.8 Å². The van der Waals surface area contributed by atoms with E-state index in [0.29, 0.717) is 22.3 Å². The number of nitrogens with zero attached hydrogens (tertiary/aromatic N) is 1. The van der Waals surface area contributed by atoms with Crippen molar-refractivity contribution in [2.45, 2.75) is 31.7 Å². The molecule has 0 bridgehead atoms. The van der Waals surface area contributed by atoms with Crippen molar-refractivity contribution in [3.8, 4) is 5.75 Å². The summed E-state index contributed by atoms with van der Waals surface area (Å²) in [7, 11) is -2.49. The molecule has 0 aliphatic carbocycles. The van der Waals surface area contributed by atoms with Crippen molar-refractivity contribution in [3.63, 3.8) is 0 Å². The summed E-state index contributed by atoms with van der Waals surface area (Å²) in [5.41, 5.74) is 1.78. The van der Waals surface area contributed by atoms with Gasteiger partial charge in [0.25, 0.3) is 0 Å². The Kier molecular flexibility index (Phi) is 6.38. The number of aryl methyl sites for hydroxylation is 1. The number of pyridine rings is 1. The van der Waals surface area contributed by atoms with E-state index < -0.39 is 22.0 Å². The molecule has 0 fully saturated rings. The molecule has 1 aromatic heterocycles. The van der Waals surface area contributed by atoms with Crippen molar-refractivity contribution in [3.05, 3.63) is 60.3 Å². The lowest BCUT2D eigenvalue weighted by Gasteiger charge is -2.22. The monoisotopic (exact) mass is 427 g/mol. The van der Waals surface area contributed by atoms with Crippen LogP contribution in [0.4, 0.5) is 5.69 Å². The van der Waals surface area contributed by atoms with E-state index >= 15 is 0 Å². The number of amides is 1. The quantitative estimate of drug-likeness (QED) is 0.602. The molecule has 158 valence electrons. The molecule has 1 amide bonds. The molecule has 0 aliphatic heterocycles. The van der Waals surface area contributed by atoms with Crippen LogP contribution in [0.25, 0.3) is 10.9 Å². The fourth-order valence-electron chi connectivity index (χ4n) is 3.15. The van der Waals surface area contributed by atoms with Crippen LogP contribution in [0.3, 0.4) is 0 Å². The van der Waals surface area contributed by atoms with Crippen molar-refractivity contribution in [2.24, 2.45) is 5.92 Å². The molecule has 0 saturated heterocycles. The minimum absolute atomic E-state index is 0.0344. The average Bonchev–Trinajstić information content (AvgIpc) is 2.71. The highest BCUT2D eigenvalue weighted by molar-refractivity contribution is 7.89. The van der Waals surface area contributed by atoms with Crippen LogP contribution >= 0.6 is 0 Å². The highest BCUT2D eigenvalue weighted by Crippen LogP contribution is 2.26. The standard InChI is InChI=1S/C22H25N3O4S/c1-14(2)20(22(26)24-17-13-15(3)10-11-18(17)29-4)25-30(27,28)19-9-5-7-16-8-6-12-23-21(16)19/h5-14,20,25H,1-4H3,(H,24,26)/t20-/m0/s1. The Balaban J connectivity index is 1.91. The third-order valence-electron chi connectivity index (χ3n) is 4.73. The second-order valence-electron chi connectivity index (χ2n) is 7.37. The first-order chi connectivity index (χ1) is 14.2. The van der Waals surface area contributed by atoms with E-state index in [0.717, 1.165) is 5.56 Å². The van der Waals surface area contributed by atoms with Gasteiger partial charge in [-0.1, -0.05) is 38.1 Å². The Morgan fingerprint density at radius 2 is 1.83 bits per heavy atom. The minimum atomic E-state index is -4.00. The molecule has 1 atom stereocenters. The van der Waals surface area contributed by atoms with Gasteiger partial charge in [0, 0.05) is 11.6 Å². The molecule has 2 N–H and O–H groups in total. The van der Waals surface area contributed by atoms with Gasteiger partial charge < -0.3 is 10.1 Å². The Hall–Kier alpha value is -2.97. The predicted molar refractivity (Wildman–Crippen MR) is 117 cm³/mol. The highest BCUT2D eigenvalue weighted by atomic mass is 32.2. The number of fused-ring (bicyclic) bond motifs is 1. The van der Waals surface area contributed by atoms with Crippen molar-refractivity contribution in [1.29, 1.82) is 0 Å². The zero-order valence-corrected chi connectivity index (χ0v) is 18.2. The zero-order valence-electron chi connectivity index (χ0n) is 17.3. The van der Waals surface area contributed by atoms with Crippen molar-refractivity contribution in [1.82, 2.24) is 9.71 Å². The molecule has 3 rings (SSSR count). The third-order valence-corrected chi connectivity index (χ3v) is 6.20. The topological polar surface area (TPSA) is 97.4 Å². The molecule has 3 aromatic rings. The average molecular weight is 428 g/mol. The van der Waals surface area contributed by atoms with E-state index in [1.165, 1.54) is 19.4 Å². The number of para-hydroxylation sites is 1. The van der Waals surface area contributed by atoms with Gasteiger partial charge >= 0.3 is 0 Å². The number of carbonyl (C=O) groups is 1. The number of hydrogen-bond acceptors (Lipinski definition) is 5. The lowest BCUT2D eigenvalue weighted by molar-refractivity contribution is -0.118. The molecule has 0 saturated carbocycles. The number of rotatable bonds is 7. The van der Waals surface area contributed by atoms with Gasteiger partial charge in [-0.15, -0.1) is 0 Å². The van der Waals surface area contributed by atoms with Crippen LogP contribution in [0.15, 0.2) is 59.6 Å². The Morgan fingerprint density at radius 3 is 2.53 bits per heavy atom. The molecule has 30 heavy (non-hydrogen) atoms. The number of benzene rings is 2. The number of carbonyl (C=O) groups excluding carboxylic acids is 1. The van der Waals surface area contributed by atoms with Crippen LogP contribution in [0.5, 0.6) is 5.75 Å². The van der Waals surface area contributed by atoms with Crippen molar-refractivity contribution >= 4 is 32.5 Å². The zero-order chi connectivity index (χ0) is 21.9. The molecule has 0 aliphatic rings. The summed E-state index contributed by atoms with van der Waals surface area (Å²) in [6.45, 7) is 5.45. The van der Waals surface area contributed by atoms with Gasteiger partial charge in [0.05, 0.1) is 18.3 Å². The SMILES string of the molecule is COc1ccc(C)cc1NC(=O)[C@@H](NS(=O)(=O)c1cccc2cccnc12)C(C)C. The normalized spacial score (nSPS) is 12.7. The molecular formula is C22H25N3O4S. The van der Waals surface area contributed by atoms with Crippen LogP contribution in [0.1, 0.15) is 19.4 Å². The molecule has 0 spiro atoms. The van der Waals surface area contributed by atoms with Crippen molar-refractivity contribution in [2.75, 3.05) is 12.4 Å². The maximum Gasteiger partial charge on any atom is 0.243 e. The number of ether oxygens (including phenoxy) is 1. The number of sulfonamides is 1. The van der Waals surface area contributed by atoms with E-state index in [4.69, 9.17) is 4.74 Å². The fourth-order valence-corrected chi connectivity index (χ4v) is 4.67. The number of aromatic nitrogens is 1. The first-order valence-electron chi connectivity index (χ1n) is 9.54. The van der Waals surface area contributed by atoms with Crippen LogP contribution in [-0.4, -0.2) is 32.5 Å². The van der Waals surface area contributed by atoms with E-state index in [9.17, 15) is 13.2 Å². The summed E-state index contributed by atoms with van der Waals surface area (Å²) in [6.07, 6.45) is 1.54. The van der Waals surface area contributed by atoms with Crippen LogP contribution in [0.2, 0.25) is 0 Å². The van der Waals surface area contributed by atoms with Gasteiger partial charge in [-0.3, -0.25) is 9.78 Å². The summed E-state index contributed by atoms with van der Waals surface area (Å²) in [6, 6.07) is 12.9. The van der Waals surface area contributed by atoms with Crippen molar-refractivity contribution < 1.29 is 17.9 Å². The van der Waals surface area contributed by atoms with Crippen LogP contribution < -0.4 is 14.8 Å². The Morgan fingerprint density at radius 1 is 1.10 bits per heavy atom. The molecular weight excluding hydrogens is 402 g/mol. The second kappa shape index (κ2) is 8.81. The van der Waals surface area contributed by atoms with Gasteiger partial charge in [0.2, 0.25) is 15.9 Å². The lowest BCUT2D eigenvalue weighted by atomic mass is 10.0. The smallest absolute Gasteiger partial charge is 0.243 e. The van der Waals surface area contributed by atoms with Gasteiger partial charge in [-0.2, -0.15) is 4.72 Å². The van der Waals surface area contributed by atoms with Gasteiger partial charge in [-0.05, 0) is 42.7 Å². The van der Waals surface area contributed by atoms with E-state index in [2.05, 4.69) is 15.0 Å². The maximum absolute atomic E-state index is 13.1. The van der Waals surface area contributed by atoms with Crippen LogP contribution in [0, 0.1) is 12.8 Å². The Bertz CT molecular complexity index is 1170. The molecule has 2 aromatic carbocycles. The second-order valence-corrected chi connectivity index (χ2v) is 9.05. The van der Waals surface area contributed by atoms with Gasteiger partial charge in [0.15, 0.2) is 0 Å². The largest absolute Gasteiger partial charge is 0.495 e. The number of methoxy groups -OCH3 is 1. The van der Waals surface area contributed by atoms with E-state index in [1.807, 2.05) is 13.0 Å². The molecule has 1 heterocycles. The number of hydrogen-bond donors (Lipinski definition) is 2. The highest BCUT2D eigenvalue weighted by Gasteiger charge is 2.30. The summed E-state index contributed by atoms with van der Waals surface area (Å²) in [4.78, 5) is 17.2. The van der Waals surface area contributed by atoms with Gasteiger partial charge in [0.1, 0.15) is 16.7 Å². The van der Waals surface area contributed by atoms with E-state index in [1.54, 1.807) is 50.2 Å². The lowest BCUT2D eigenvalue weighted by Crippen LogP contribution is -2.47. The summed E-state index contributed by atoms with van der Waals surface area (Å²) >= 11 is 0. The first-order valence-corrected chi connectivity index (χ1v) is 11.0. The Labute approximate surface area is 176 Å². The first kappa shape index (κ1) is 21.7. The summed E-state index contributed by atoms with van der Waals surface area (Å²) in [5.74, 6) is -0.262. The molecule has 0 unspecified atom stereocenters. The molecule has 0 radical (unpaired) electrons. The third kappa shape index (κ3) is 4.60. The fraction of sp³-hybridized carbons (Fsp3) is 0.273. The summed E-state index contributed by atoms with van der Waals surface area (Å²) in [5, 5.41) is 3.49. The maximum atomic E-state index is 13.1.